The highest BCUT2D eigenvalue weighted by Crippen LogP contribution is 2.27. The van der Waals surface area contributed by atoms with Crippen molar-refractivity contribution in [3.63, 3.8) is 0 Å². The van der Waals surface area contributed by atoms with Crippen LogP contribution in [-0.2, 0) is 21.8 Å². The van der Waals surface area contributed by atoms with Crippen molar-refractivity contribution in [2.24, 2.45) is 7.05 Å². The molecule has 1 aliphatic heterocycles. The van der Waals surface area contributed by atoms with E-state index in [0.29, 0.717) is 31.3 Å². The highest BCUT2D eigenvalue weighted by Gasteiger charge is 2.29. The lowest BCUT2D eigenvalue weighted by Gasteiger charge is -2.29. The molecule has 35 heavy (non-hydrogen) atoms. The Morgan fingerprint density at radius 3 is 2.46 bits per heavy atom. The zero-order chi connectivity index (χ0) is 25.0. The van der Waals surface area contributed by atoms with E-state index in [0.717, 1.165) is 6.42 Å². The monoisotopic (exact) mass is 501 g/mol. The Bertz CT molecular complexity index is 1290. The number of sulfonamides is 1. The number of nitrogens with one attached hydrogen (secondary N) is 1. The summed E-state index contributed by atoms with van der Waals surface area (Å²) >= 11 is 0. The van der Waals surface area contributed by atoms with E-state index in [1.54, 1.807) is 43.2 Å². The van der Waals surface area contributed by atoms with Gasteiger partial charge in [0.1, 0.15) is 11.9 Å². The summed E-state index contributed by atoms with van der Waals surface area (Å²) in [5.74, 6) is 0.618. The van der Waals surface area contributed by atoms with Gasteiger partial charge in [0.05, 0.1) is 17.1 Å². The molecule has 1 aliphatic rings. The van der Waals surface area contributed by atoms with Gasteiger partial charge < -0.3 is 19.5 Å². The third-order valence-corrected chi connectivity index (χ3v) is 7.13. The first-order valence-electron chi connectivity index (χ1n) is 11.0. The van der Waals surface area contributed by atoms with Crippen LogP contribution in [-0.4, -0.2) is 66.3 Å². The van der Waals surface area contributed by atoms with Crippen molar-refractivity contribution in [3.8, 4) is 17.5 Å². The first-order valence-corrected chi connectivity index (χ1v) is 12.5. The van der Waals surface area contributed by atoms with E-state index in [9.17, 15) is 13.2 Å². The van der Waals surface area contributed by atoms with Gasteiger partial charge in [0.25, 0.3) is 5.91 Å². The Hall–Kier alpha value is -3.48. The summed E-state index contributed by atoms with van der Waals surface area (Å²) in [5.41, 5.74) is 0.247. The smallest absolute Gasteiger partial charge is 0.257 e. The second kappa shape index (κ2) is 10.4. The van der Waals surface area contributed by atoms with E-state index in [1.807, 2.05) is 6.92 Å². The first kappa shape index (κ1) is 24.6. The highest BCUT2D eigenvalue weighted by atomic mass is 32.2. The Morgan fingerprint density at radius 2 is 1.86 bits per heavy atom. The number of hydrogen-bond donors (Lipinski definition) is 1. The van der Waals surface area contributed by atoms with Crippen molar-refractivity contribution in [1.82, 2.24) is 19.1 Å². The summed E-state index contributed by atoms with van der Waals surface area (Å²) in [6.45, 7) is 3.20. The van der Waals surface area contributed by atoms with Crippen LogP contribution in [0.2, 0.25) is 0 Å². The normalized spacial score (nSPS) is 14.7. The van der Waals surface area contributed by atoms with E-state index in [1.165, 1.54) is 28.6 Å². The molecule has 0 unspecified atom stereocenters. The number of benzene rings is 1. The van der Waals surface area contributed by atoms with Crippen LogP contribution in [0.15, 0.2) is 53.6 Å². The number of aryl methyl sites for hydroxylation is 1. The minimum atomic E-state index is -3.49. The van der Waals surface area contributed by atoms with E-state index in [4.69, 9.17) is 14.2 Å². The number of amides is 1. The predicted octanol–water partition coefficient (Wildman–Crippen LogP) is 2.67. The molecule has 11 nitrogen and oxygen atoms in total. The standard InChI is InChI=1S/C23H27N5O6S/c1-16(15-32-3)33-21-13-17(23(29)24-20-9-12-27(2)26-20)14-22(25-21)34-18-5-7-19(8-6-18)35(30,31)28-10-4-11-28/h5-9,12-14,16H,4,10-11,15H2,1-3H3,(H,24,26,29)/t16-/m1/s1. The number of pyridine rings is 1. The Kier molecular flexibility index (Phi) is 7.34. The number of aromatic nitrogens is 3. The molecule has 0 bridgehead atoms. The molecule has 12 heteroatoms. The number of carbonyl (C=O) groups excluding carboxylic acids is 1. The molecular weight excluding hydrogens is 474 g/mol. The maximum absolute atomic E-state index is 12.8. The maximum atomic E-state index is 12.8. The molecule has 1 saturated heterocycles. The summed E-state index contributed by atoms with van der Waals surface area (Å²) in [6, 6.07) is 10.7. The van der Waals surface area contributed by atoms with E-state index in [-0.39, 0.29) is 28.3 Å². The molecule has 1 amide bonds. The van der Waals surface area contributed by atoms with Crippen molar-refractivity contribution in [1.29, 1.82) is 0 Å². The number of methoxy groups -OCH3 is 1. The Morgan fingerprint density at radius 1 is 1.14 bits per heavy atom. The minimum absolute atomic E-state index is 0.108. The molecule has 1 aromatic carbocycles. The molecule has 0 spiro atoms. The molecule has 0 radical (unpaired) electrons. The zero-order valence-electron chi connectivity index (χ0n) is 19.7. The third-order valence-electron chi connectivity index (χ3n) is 5.22. The van der Waals surface area contributed by atoms with E-state index < -0.39 is 15.9 Å². The molecule has 1 atom stereocenters. The first-order chi connectivity index (χ1) is 16.7. The van der Waals surface area contributed by atoms with Gasteiger partial charge in [-0.3, -0.25) is 9.48 Å². The van der Waals surface area contributed by atoms with Gasteiger partial charge in [-0.2, -0.15) is 14.4 Å². The quantitative estimate of drug-likeness (QED) is 0.450. The SMILES string of the molecule is COC[C@@H](C)Oc1cc(C(=O)Nc2ccn(C)n2)cc(Oc2ccc(S(=O)(=O)N3CCC3)cc2)n1. The summed E-state index contributed by atoms with van der Waals surface area (Å²) in [4.78, 5) is 17.4. The van der Waals surface area contributed by atoms with Crippen molar-refractivity contribution >= 4 is 21.7 Å². The molecule has 0 aliphatic carbocycles. The number of nitrogens with zero attached hydrogens (tertiary/aromatic N) is 4. The molecular formula is C23H27N5O6S. The van der Waals surface area contributed by atoms with Crippen molar-refractivity contribution in [2.75, 3.05) is 32.1 Å². The lowest BCUT2D eigenvalue weighted by molar-refractivity contribution is 0.0882. The topological polar surface area (TPSA) is 125 Å². The van der Waals surface area contributed by atoms with Crippen LogP contribution < -0.4 is 14.8 Å². The number of hydrogen-bond acceptors (Lipinski definition) is 8. The lowest BCUT2D eigenvalue weighted by atomic mass is 10.2. The molecule has 0 saturated carbocycles. The highest BCUT2D eigenvalue weighted by molar-refractivity contribution is 7.89. The van der Waals surface area contributed by atoms with Gasteiger partial charge in [0.15, 0.2) is 5.82 Å². The minimum Gasteiger partial charge on any atom is -0.472 e. The van der Waals surface area contributed by atoms with E-state index >= 15 is 0 Å². The molecule has 4 rings (SSSR count). The van der Waals surface area contributed by atoms with Gasteiger partial charge in [-0.05, 0) is 37.6 Å². The van der Waals surface area contributed by atoms with Crippen molar-refractivity contribution in [2.45, 2.75) is 24.3 Å². The molecule has 3 heterocycles. The lowest BCUT2D eigenvalue weighted by Crippen LogP contribution is -2.41. The summed E-state index contributed by atoms with van der Waals surface area (Å²) in [6.07, 6.45) is 2.26. The zero-order valence-corrected chi connectivity index (χ0v) is 20.5. The van der Waals surface area contributed by atoms with Crippen LogP contribution in [0.5, 0.6) is 17.5 Å². The van der Waals surface area contributed by atoms with Crippen LogP contribution in [0.25, 0.3) is 0 Å². The van der Waals surface area contributed by atoms with Gasteiger partial charge >= 0.3 is 0 Å². The molecule has 186 valence electrons. The van der Waals surface area contributed by atoms with Crippen LogP contribution in [0, 0.1) is 0 Å². The average molecular weight is 502 g/mol. The van der Waals surface area contributed by atoms with Crippen molar-refractivity contribution in [3.05, 3.63) is 54.2 Å². The molecule has 1 N–H and O–H groups in total. The van der Waals surface area contributed by atoms with Gasteiger partial charge in [-0.1, -0.05) is 0 Å². The number of carbonyl (C=O) groups is 1. The summed E-state index contributed by atoms with van der Waals surface area (Å²) in [5, 5.41) is 6.87. The van der Waals surface area contributed by atoms with Gasteiger partial charge in [-0.25, -0.2) is 8.42 Å². The fourth-order valence-corrected chi connectivity index (χ4v) is 4.86. The maximum Gasteiger partial charge on any atom is 0.257 e. The fraction of sp³-hybridized carbons (Fsp3) is 0.348. The van der Waals surface area contributed by atoms with Gasteiger partial charge in [0.2, 0.25) is 21.8 Å². The van der Waals surface area contributed by atoms with Gasteiger partial charge in [0, 0.05) is 51.6 Å². The average Bonchev–Trinajstić information content (AvgIpc) is 3.17. The van der Waals surface area contributed by atoms with Crippen LogP contribution in [0.1, 0.15) is 23.7 Å². The van der Waals surface area contributed by atoms with Gasteiger partial charge in [-0.15, -0.1) is 0 Å². The number of ether oxygens (including phenoxy) is 3. The Labute approximate surface area is 203 Å². The largest absolute Gasteiger partial charge is 0.472 e. The van der Waals surface area contributed by atoms with E-state index in [2.05, 4.69) is 15.4 Å². The second-order valence-corrected chi connectivity index (χ2v) is 10.0. The molecule has 3 aromatic rings. The number of rotatable bonds is 10. The molecule has 1 fully saturated rings. The van der Waals surface area contributed by atoms with Crippen LogP contribution in [0.4, 0.5) is 5.82 Å². The van der Waals surface area contributed by atoms with Crippen LogP contribution >= 0.6 is 0 Å². The summed E-state index contributed by atoms with van der Waals surface area (Å²) in [7, 11) is -0.187. The fourth-order valence-electron chi connectivity index (χ4n) is 3.35. The van der Waals surface area contributed by atoms with Crippen LogP contribution in [0.3, 0.4) is 0 Å². The number of anilines is 1. The van der Waals surface area contributed by atoms with Crippen molar-refractivity contribution < 1.29 is 27.4 Å². The Balaban J connectivity index is 1.56. The second-order valence-electron chi connectivity index (χ2n) is 8.08. The summed E-state index contributed by atoms with van der Waals surface area (Å²) < 4.78 is 44.8. The third kappa shape index (κ3) is 5.96. The molecule has 2 aromatic heterocycles. The predicted molar refractivity (Wildman–Crippen MR) is 127 cm³/mol.